The highest BCUT2D eigenvalue weighted by molar-refractivity contribution is 5.96. The lowest BCUT2D eigenvalue weighted by Crippen LogP contribution is -2.44. The molecule has 5 nitrogen and oxygen atoms in total. The number of ether oxygens (including phenoxy) is 2. The molecule has 1 heterocycles. The van der Waals surface area contributed by atoms with E-state index in [-0.39, 0.29) is 18.3 Å². The smallest absolute Gasteiger partial charge is 0.241 e. The highest BCUT2D eigenvalue weighted by Crippen LogP contribution is 2.28. The van der Waals surface area contributed by atoms with Gasteiger partial charge in [0, 0.05) is 0 Å². The van der Waals surface area contributed by atoms with Gasteiger partial charge in [0.05, 0.1) is 25.9 Å². The molecule has 0 aliphatic carbocycles. The second-order valence-corrected chi connectivity index (χ2v) is 7.22. The minimum absolute atomic E-state index is 0. The molecule has 0 N–H and O–H groups in total. The molecule has 0 unspecified atom stereocenters. The predicted molar refractivity (Wildman–Crippen MR) is 120 cm³/mol. The van der Waals surface area contributed by atoms with Crippen LogP contribution in [0, 0.1) is 6.92 Å². The van der Waals surface area contributed by atoms with Crippen LogP contribution >= 0.6 is 12.4 Å². The van der Waals surface area contributed by atoms with Gasteiger partial charge in [0.1, 0.15) is 18.1 Å². The first-order valence-corrected chi connectivity index (χ1v) is 10.0. The average Bonchev–Trinajstić information content (AvgIpc) is 2.73. The van der Waals surface area contributed by atoms with E-state index in [1.54, 1.807) is 12.0 Å². The number of likely N-dealkylation sites (tertiary alicyclic amines) is 1. The molecule has 6 heteroatoms. The van der Waals surface area contributed by atoms with Crippen molar-refractivity contribution in [1.29, 1.82) is 0 Å². The molecule has 0 aromatic heterocycles. The zero-order valence-corrected chi connectivity index (χ0v) is 18.1. The number of hydrogen-bond donors (Lipinski definition) is 0. The van der Waals surface area contributed by atoms with Crippen molar-refractivity contribution in [3.63, 3.8) is 0 Å². The van der Waals surface area contributed by atoms with E-state index < -0.39 is 0 Å². The number of nitrogens with zero attached hydrogens (tertiary/aromatic N) is 2. The molecule has 0 bridgehead atoms. The first kappa shape index (κ1) is 23.0. The molecular formula is C23H31ClN2O3. The third-order valence-electron chi connectivity index (χ3n) is 5.09. The highest BCUT2D eigenvalue weighted by atomic mass is 35.5. The number of piperidine rings is 1. The number of anilines is 1. The van der Waals surface area contributed by atoms with Crippen LogP contribution in [0.15, 0.2) is 48.5 Å². The van der Waals surface area contributed by atoms with Crippen LogP contribution in [-0.2, 0) is 4.79 Å². The van der Waals surface area contributed by atoms with Gasteiger partial charge in [-0.25, -0.2) is 0 Å². The van der Waals surface area contributed by atoms with Crippen LogP contribution in [0.1, 0.15) is 24.8 Å². The van der Waals surface area contributed by atoms with Crippen molar-refractivity contribution in [2.45, 2.75) is 26.2 Å². The van der Waals surface area contributed by atoms with Crippen LogP contribution in [0.25, 0.3) is 0 Å². The maximum atomic E-state index is 13.1. The van der Waals surface area contributed by atoms with E-state index in [4.69, 9.17) is 9.47 Å². The summed E-state index contributed by atoms with van der Waals surface area (Å²) in [6.07, 6.45) is 3.59. The van der Waals surface area contributed by atoms with E-state index in [0.29, 0.717) is 25.4 Å². The SMILES string of the molecule is COc1ccccc1N(CCOc1ccc(C)cc1)C(=O)CN1CCCCC1.Cl. The van der Waals surface area contributed by atoms with Gasteiger partial charge in [-0.15, -0.1) is 12.4 Å². The minimum atomic E-state index is 0. The molecular weight excluding hydrogens is 388 g/mol. The van der Waals surface area contributed by atoms with Crippen LogP contribution in [0.4, 0.5) is 5.69 Å². The van der Waals surface area contributed by atoms with Crippen molar-refractivity contribution in [2.75, 3.05) is 44.8 Å². The number of halogens is 1. The minimum Gasteiger partial charge on any atom is -0.495 e. The lowest BCUT2D eigenvalue weighted by Gasteiger charge is -2.30. The molecule has 1 saturated heterocycles. The van der Waals surface area contributed by atoms with Gasteiger partial charge in [0.25, 0.3) is 0 Å². The summed E-state index contributed by atoms with van der Waals surface area (Å²) < 4.78 is 11.4. The topological polar surface area (TPSA) is 42.0 Å². The third-order valence-corrected chi connectivity index (χ3v) is 5.09. The molecule has 0 radical (unpaired) electrons. The van der Waals surface area contributed by atoms with Crippen LogP contribution < -0.4 is 14.4 Å². The number of aryl methyl sites for hydroxylation is 1. The Balaban J connectivity index is 0.00000300. The lowest BCUT2D eigenvalue weighted by atomic mass is 10.1. The van der Waals surface area contributed by atoms with Gasteiger partial charge in [0.2, 0.25) is 5.91 Å². The lowest BCUT2D eigenvalue weighted by molar-refractivity contribution is -0.120. The largest absolute Gasteiger partial charge is 0.495 e. The molecule has 1 aliphatic rings. The number of benzene rings is 2. The van der Waals surface area contributed by atoms with Crippen LogP contribution in [0.2, 0.25) is 0 Å². The Kier molecular flexibility index (Phi) is 9.29. The predicted octanol–water partition coefficient (Wildman–Crippen LogP) is 4.32. The molecule has 2 aromatic rings. The summed E-state index contributed by atoms with van der Waals surface area (Å²) in [5.41, 5.74) is 1.99. The van der Waals surface area contributed by atoms with Crippen LogP contribution in [0.3, 0.4) is 0 Å². The van der Waals surface area contributed by atoms with Crippen LogP contribution in [-0.4, -0.2) is 50.7 Å². The van der Waals surface area contributed by atoms with Crippen molar-refractivity contribution < 1.29 is 14.3 Å². The summed E-state index contributed by atoms with van der Waals surface area (Å²) in [5, 5.41) is 0. The fraction of sp³-hybridized carbons (Fsp3) is 0.435. The first-order valence-electron chi connectivity index (χ1n) is 10.0. The summed E-state index contributed by atoms with van der Waals surface area (Å²) in [7, 11) is 1.63. The molecule has 2 aromatic carbocycles. The number of hydrogen-bond acceptors (Lipinski definition) is 4. The molecule has 3 rings (SSSR count). The quantitative estimate of drug-likeness (QED) is 0.640. The number of carbonyl (C=O) groups is 1. The van der Waals surface area contributed by atoms with E-state index >= 15 is 0 Å². The van der Waals surface area contributed by atoms with Gasteiger partial charge >= 0.3 is 0 Å². The zero-order chi connectivity index (χ0) is 19.8. The van der Waals surface area contributed by atoms with E-state index in [1.807, 2.05) is 55.5 Å². The van der Waals surface area contributed by atoms with Gasteiger partial charge in [-0.3, -0.25) is 9.69 Å². The summed E-state index contributed by atoms with van der Waals surface area (Å²) in [6, 6.07) is 15.6. The van der Waals surface area contributed by atoms with Crippen molar-refractivity contribution in [1.82, 2.24) is 4.90 Å². The first-order chi connectivity index (χ1) is 13.7. The second-order valence-electron chi connectivity index (χ2n) is 7.22. The number of rotatable bonds is 8. The molecule has 158 valence electrons. The molecule has 1 fully saturated rings. The van der Waals surface area contributed by atoms with E-state index in [9.17, 15) is 4.79 Å². The number of para-hydroxylation sites is 2. The fourth-order valence-electron chi connectivity index (χ4n) is 3.52. The van der Waals surface area contributed by atoms with Gasteiger partial charge in [-0.05, 0) is 57.1 Å². The Hall–Kier alpha value is -2.24. The Morgan fingerprint density at radius 2 is 1.72 bits per heavy atom. The summed E-state index contributed by atoms with van der Waals surface area (Å²) >= 11 is 0. The number of methoxy groups -OCH3 is 1. The fourth-order valence-corrected chi connectivity index (χ4v) is 3.52. The van der Waals surface area contributed by atoms with Gasteiger partial charge in [-0.1, -0.05) is 36.2 Å². The Bertz CT molecular complexity index is 761. The maximum Gasteiger partial charge on any atom is 0.241 e. The Morgan fingerprint density at radius 1 is 1.03 bits per heavy atom. The zero-order valence-electron chi connectivity index (χ0n) is 17.3. The number of carbonyl (C=O) groups excluding carboxylic acids is 1. The Morgan fingerprint density at radius 3 is 2.41 bits per heavy atom. The van der Waals surface area contributed by atoms with Gasteiger partial charge < -0.3 is 14.4 Å². The van der Waals surface area contributed by atoms with E-state index in [1.165, 1.54) is 24.8 Å². The van der Waals surface area contributed by atoms with E-state index in [2.05, 4.69) is 4.90 Å². The van der Waals surface area contributed by atoms with Crippen molar-refractivity contribution in [2.24, 2.45) is 0 Å². The maximum absolute atomic E-state index is 13.1. The summed E-state index contributed by atoms with van der Waals surface area (Å²) in [4.78, 5) is 17.2. The summed E-state index contributed by atoms with van der Waals surface area (Å²) in [6.45, 7) is 5.36. The van der Waals surface area contributed by atoms with Crippen molar-refractivity contribution in [3.8, 4) is 11.5 Å². The van der Waals surface area contributed by atoms with Gasteiger partial charge in [0.15, 0.2) is 0 Å². The highest BCUT2D eigenvalue weighted by Gasteiger charge is 2.22. The molecule has 1 amide bonds. The normalized spacial score (nSPS) is 14.0. The molecule has 0 saturated carbocycles. The summed E-state index contributed by atoms with van der Waals surface area (Å²) in [5.74, 6) is 1.60. The second kappa shape index (κ2) is 11.7. The van der Waals surface area contributed by atoms with Crippen molar-refractivity contribution >= 4 is 24.0 Å². The molecule has 0 atom stereocenters. The standard InChI is InChI=1S/C23H30N2O3.ClH/c1-19-10-12-20(13-11-19)28-17-16-25(21-8-4-5-9-22(21)27-2)23(26)18-24-14-6-3-7-15-24;/h4-5,8-13H,3,6-7,14-18H2,1-2H3;1H. The molecule has 29 heavy (non-hydrogen) atoms. The van der Waals surface area contributed by atoms with Crippen molar-refractivity contribution in [3.05, 3.63) is 54.1 Å². The monoisotopic (exact) mass is 418 g/mol. The number of amides is 1. The van der Waals surface area contributed by atoms with E-state index in [0.717, 1.165) is 24.5 Å². The molecule has 1 aliphatic heterocycles. The van der Waals surface area contributed by atoms with Crippen LogP contribution in [0.5, 0.6) is 11.5 Å². The third kappa shape index (κ3) is 6.65. The van der Waals surface area contributed by atoms with Gasteiger partial charge in [-0.2, -0.15) is 0 Å². The molecule has 0 spiro atoms. The Labute approximate surface area is 180 Å². The average molecular weight is 419 g/mol.